The Bertz CT molecular complexity index is 747. The molecule has 2 aromatic carbocycles. The third kappa shape index (κ3) is 4.67. The van der Waals surface area contributed by atoms with Crippen LogP contribution in [-0.2, 0) is 4.79 Å². The molecule has 2 N–H and O–H groups in total. The lowest BCUT2D eigenvalue weighted by molar-refractivity contribution is -0.123. The zero-order chi connectivity index (χ0) is 17.5. The number of rotatable bonds is 6. The number of hydrogen-bond acceptors (Lipinski definition) is 4. The van der Waals surface area contributed by atoms with Crippen LogP contribution in [0, 0.1) is 13.8 Å². The molecule has 0 saturated carbocycles. The molecule has 124 valence electrons. The van der Waals surface area contributed by atoms with Crippen LogP contribution in [0.3, 0.4) is 0 Å². The second-order valence-electron chi connectivity index (χ2n) is 5.23. The number of hydrazone groups is 1. The first kappa shape index (κ1) is 17.2. The van der Waals surface area contributed by atoms with Gasteiger partial charge in [0.2, 0.25) is 0 Å². The van der Waals surface area contributed by atoms with E-state index in [4.69, 9.17) is 9.84 Å². The number of benzene rings is 2. The predicted molar refractivity (Wildman–Crippen MR) is 90.5 cm³/mol. The summed E-state index contributed by atoms with van der Waals surface area (Å²) in [6.45, 7) is 3.69. The number of carboxylic acid groups (broad SMARTS) is 1. The fraction of sp³-hybridized carbons (Fsp3) is 0.167. The molecule has 0 aliphatic rings. The standard InChI is InChI=1S/C18H18N2O4/c1-12-4-3-5-13(2)17(12)24-11-16(21)20-19-10-14-6-8-15(9-7-14)18(22)23/h3-10H,11H2,1-2H3,(H,20,21)(H,22,23). The van der Waals surface area contributed by atoms with Crippen molar-refractivity contribution >= 4 is 18.1 Å². The van der Waals surface area contributed by atoms with Crippen LogP contribution < -0.4 is 10.2 Å². The number of nitrogens with one attached hydrogen (secondary N) is 1. The first-order valence-electron chi connectivity index (χ1n) is 7.31. The monoisotopic (exact) mass is 326 g/mol. The maximum Gasteiger partial charge on any atom is 0.335 e. The highest BCUT2D eigenvalue weighted by molar-refractivity contribution is 5.89. The first-order chi connectivity index (χ1) is 11.5. The van der Waals surface area contributed by atoms with E-state index in [1.807, 2.05) is 32.0 Å². The van der Waals surface area contributed by atoms with Crippen molar-refractivity contribution in [2.24, 2.45) is 5.10 Å². The lowest BCUT2D eigenvalue weighted by Gasteiger charge is -2.10. The molecular formula is C18H18N2O4. The van der Waals surface area contributed by atoms with Crippen molar-refractivity contribution in [1.29, 1.82) is 0 Å². The number of para-hydroxylation sites is 1. The first-order valence-corrected chi connectivity index (χ1v) is 7.31. The summed E-state index contributed by atoms with van der Waals surface area (Å²) < 4.78 is 5.52. The molecule has 2 aromatic rings. The predicted octanol–water partition coefficient (Wildman–Crippen LogP) is 2.53. The van der Waals surface area contributed by atoms with Gasteiger partial charge in [-0.1, -0.05) is 30.3 Å². The number of carbonyl (C=O) groups is 2. The van der Waals surface area contributed by atoms with Crippen LogP contribution in [0.2, 0.25) is 0 Å². The molecule has 6 heteroatoms. The molecule has 1 amide bonds. The van der Waals surface area contributed by atoms with Crippen molar-refractivity contribution < 1.29 is 19.4 Å². The Morgan fingerprint density at radius 1 is 1.12 bits per heavy atom. The Labute approximate surface area is 139 Å². The van der Waals surface area contributed by atoms with Crippen molar-refractivity contribution in [2.45, 2.75) is 13.8 Å². The molecule has 0 unspecified atom stereocenters. The summed E-state index contributed by atoms with van der Waals surface area (Å²) in [6.07, 6.45) is 1.43. The van der Waals surface area contributed by atoms with Gasteiger partial charge in [0.15, 0.2) is 6.61 Å². The van der Waals surface area contributed by atoms with Gasteiger partial charge in [-0.3, -0.25) is 4.79 Å². The molecule has 6 nitrogen and oxygen atoms in total. The summed E-state index contributed by atoms with van der Waals surface area (Å²) in [5.74, 6) is -0.674. The average molecular weight is 326 g/mol. The Hall–Kier alpha value is -3.15. The highest BCUT2D eigenvalue weighted by atomic mass is 16.5. The smallest absolute Gasteiger partial charge is 0.335 e. The van der Waals surface area contributed by atoms with E-state index >= 15 is 0 Å². The average Bonchev–Trinajstić information content (AvgIpc) is 2.55. The number of ether oxygens (including phenoxy) is 1. The third-order valence-corrected chi connectivity index (χ3v) is 3.32. The summed E-state index contributed by atoms with van der Waals surface area (Å²) in [4.78, 5) is 22.5. The summed E-state index contributed by atoms with van der Waals surface area (Å²) in [6, 6.07) is 11.9. The fourth-order valence-electron chi connectivity index (χ4n) is 2.09. The molecule has 24 heavy (non-hydrogen) atoms. The van der Waals surface area contributed by atoms with Gasteiger partial charge in [-0.25, -0.2) is 10.2 Å². The van der Waals surface area contributed by atoms with E-state index in [0.717, 1.165) is 11.1 Å². The van der Waals surface area contributed by atoms with Crippen LogP contribution >= 0.6 is 0 Å². The summed E-state index contributed by atoms with van der Waals surface area (Å²) in [5.41, 5.74) is 5.16. The maximum atomic E-state index is 11.7. The van der Waals surface area contributed by atoms with Gasteiger partial charge in [-0.15, -0.1) is 0 Å². The molecule has 0 aromatic heterocycles. The largest absolute Gasteiger partial charge is 0.483 e. The molecule has 0 radical (unpaired) electrons. The van der Waals surface area contributed by atoms with Crippen LogP contribution in [0.4, 0.5) is 0 Å². The third-order valence-electron chi connectivity index (χ3n) is 3.32. The van der Waals surface area contributed by atoms with Gasteiger partial charge in [0.25, 0.3) is 5.91 Å². The van der Waals surface area contributed by atoms with E-state index < -0.39 is 5.97 Å². The van der Waals surface area contributed by atoms with Crippen LogP contribution in [0.15, 0.2) is 47.6 Å². The molecular weight excluding hydrogens is 308 g/mol. The molecule has 0 aliphatic heterocycles. The SMILES string of the molecule is Cc1cccc(C)c1OCC(=O)NN=Cc1ccc(C(=O)O)cc1. The molecule has 0 heterocycles. The van der Waals surface area contributed by atoms with Gasteiger partial charge in [0.05, 0.1) is 11.8 Å². The van der Waals surface area contributed by atoms with Crippen LogP contribution in [0.1, 0.15) is 27.0 Å². The summed E-state index contributed by atoms with van der Waals surface area (Å²) >= 11 is 0. The summed E-state index contributed by atoms with van der Waals surface area (Å²) in [7, 11) is 0. The highest BCUT2D eigenvalue weighted by Crippen LogP contribution is 2.21. The summed E-state index contributed by atoms with van der Waals surface area (Å²) in [5, 5.41) is 12.6. The number of aryl methyl sites for hydroxylation is 2. The van der Waals surface area contributed by atoms with Crippen molar-refractivity contribution in [3.8, 4) is 5.75 Å². The van der Waals surface area contributed by atoms with Gasteiger partial charge in [0.1, 0.15) is 5.75 Å². The lowest BCUT2D eigenvalue weighted by Crippen LogP contribution is -2.25. The van der Waals surface area contributed by atoms with E-state index in [1.165, 1.54) is 18.3 Å². The lowest BCUT2D eigenvalue weighted by atomic mass is 10.1. The maximum absolute atomic E-state index is 11.7. The normalized spacial score (nSPS) is 10.6. The second kappa shape index (κ2) is 7.92. The number of carboxylic acids is 1. The second-order valence-corrected chi connectivity index (χ2v) is 5.23. The Morgan fingerprint density at radius 3 is 2.33 bits per heavy atom. The molecule has 0 aliphatic carbocycles. The number of aromatic carboxylic acids is 1. The van der Waals surface area contributed by atoms with Gasteiger partial charge < -0.3 is 9.84 Å². The molecule has 0 fully saturated rings. The van der Waals surface area contributed by atoms with Crippen LogP contribution in [-0.4, -0.2) is 29.8 Å². The van der Waals surface area contributed by atoms with Crippen molar-refractivity contribution in [1.82, 2.24) is 5.43 Å². The van der Waals surface area contributed by atoms with Crippen molar-refractivity contribution in [3.63, 3.8) is 0 Å². The number of nitrogens with zero attached hydrogens (tertiary/aromatic N) is 1. The molecule has 0 saturated heterocycles. The minimum Gasteiger partial charge on any atom is -0.483 e. The van der Waals surface area contributed by atoms with E-state index in [9.17, 15) is 9.59 Å². The fourth-order valence-corrected chi connectivity index (χ4v) is 2.09. The van der Waals surface area contributed by atoms with E-state index in [0.29, 0.717) is 11.3 Å². The number of hydrogen-bond donors (Lipinski definition) is 2. The van der Waals surface area contributed by atoms with Gasteiger partial charge in [-0.05, 0) is 42.7 Å². The number of carbonyl (C=O) groups excluding carboxylic acids is 1. The molecule has 0 atom stereocenters. The zero-order valence-electron chi connectivity index (χ0n) is 13.4. The number of amides is 1. The van der Waals surface area contributed by atoms with Gasteiger partial charge >= 0.3 is 5.97 Å². The van der Waals surface area contributed by atoms with Gasteiger partial charge in [-0.2, -0.15) is 5.10 Å². The molecule has 0 spiro atoms. The quantitative estimate of drug-likeness (QED) is 0.631. The Kier molecular flexibility index (Phi) is 5.68. The minimum atomic E-state index is -0.990. The molecule has 2 rings (SSSR count). The Balaban J connectivity index is 1.85. The topological polar surface area (TPSA) is 88.0 Å². The minimum absolute atomic E-state index is 0.138. The highest BCUT2D eigenvalue weighted by Gasteiger charge is 2.06. The van der Waals surface area contributed by atoms with Crippen molar-refractivity contribution in [2.75, 3.05) is 6.61 Å². The van der Waals surface area contributed by atoms with E-state index in [-0.39, 0.29) is 18.1 Å². The van der Waals surface area contributed by atoms with E-state index in [1.54, 1.807) is 12.1 Å². The van der Waals surface area contributed by atoms with Crippen molar-refractivity contribution in [3.05, 3.63) is 64.7 Å². The molecule has 0 bridgehead atoms. The van der Waals surface area contributed by atoms with Gasteiger partial charge in [0, 0.05) is 0 Å². The van der Waals surface area contributed by atoms with Crippen LogP contribution in [0.5, 0.6) is 5.75 Å². The zero-order valence-corrected chi connectivity index (χ0v) is 13.4. The van der Waals surface area contributed by atoms with Crippen LogP contribution in [0.25, 0.3) is 0 Å². The van der Waals surface area contributed by atoms with E-state index in [2.05, 4.69) is 10.5 Å². The Morgan fingerprint density at radius 2 is 1.75 bits per heavy atom.